The smallest absolute Gasteiger partial charge is 0.333 e. The summed E-state index contributed by atoms with van der Waals surface area (Å²) in [6.07, 6.45) is -0.220. The van der Waals surface area contributed by atoms with E-state index in [1.54, 1.807) is 0 Å². The second kappa shape index (κ2) is 10.4. The standard InChI is InChI=1S/C18H26O6/c1-8-14(9-22-16(19)11(2)3)15(24-18(21)13(6)7)10-23-17(20)12(4)5/h14-15H,2,4,6,8-10H2,1,3,5,7H3. The Balaban J connectivity index is 5.01. The average molecular weight is 338 g/mol. The van der Waals surface area contributed by atoms with Gasteiger partial charge in [0.2, 0.25) is 0 Å². The normalized spacial score (nSPS) is 12.5. The molecule has 134 valence electrons. The first kappa shape index (κ1) is 21.6. The van der Waals surface area contributed by atoms with Gasteiger partial charge in [0, 0.05) is 22.6 Å². The summed E-state index contributed by atoms with van der Waals surface area (Å²) >= 11 is 0. The van der Waals surface area contributed by atoms with Crippen LogP contribution in [0, 0.1) is 5.92 Å². The highest BCUT2D eigenvalue weighted by Gasteiger charge is 2.27. The summed E-state index contributed by atoms with van der Waals surface area (Å²) < 4.78 is 15.5. The zero-order valence-corrected chi connectivity index (χ0v) is 14.8. The van der Waals surface area contributed by atoms with Crippen molar-refractivity contribution in [3.8, 4) is 0 Å². The van der Waals surface area contributed by atoms with E-state index in [2.05, 4.69) is 19.7 Å². The fourth-order valence-corrected chi connectivity index (χ4v) is 1.58. The zero-order chi connectivity index (χ0) is 18.9. The molecule has 0 aromatic rings. The molecule has 6 nitrogen and oxygen atoms in total. The van der Waals surface area contributed by atoms with Crippen LogP contribution >= 0.6 is 0 Å². The van der Waals surface area contributed by atoms with Gasteiger partial charge in [-0.1, -0.05) is 26.7 Å². The van der Waals surface area contributed by atoms with E-state index >= 15 is 0 Å². The van der Waals surface area contributed by atoms with Gasteiger partial charge in [-0.2, -0.15) is 0 Å². The van der Waals surface area contributed by atoms with E-state index in [1.807, 2.05) is 6.92 Å². The molecule has 0 aliphatic carbocycles. The number of ether oxygens (including phenoxy) is 3. The molecule has 2 atom stereocenters. The molecule has 0 saturated heterocycles. The van der Waals surface area contributed by atoms with Gasteiger partial charge in [0.25, 0.3) is 0 Å². The topological polar surface area (TPSA) is 78.9 Å². The van der Waals surface area contributed by atoms with Crippen LogP contribution in [0.2, 0.25) is 0 Å². The van der Waals surface area contributed by atoms with Crippen molar-refractivity contribution in [2.75, 3.05) is 13.2 Å². The van der Waals surface area contributed by atoms with E-state index in [4.69, 9.17) is 14.2 Å². The highest BCUT2D eigenvalue weighted by molar-refractivity contribution is 5.88. The Morgan fingerprint density at radius 3 is 1.58 bits per heavy atom. The molecule has 0 saturated carbocycles. The Bertz CT molecular complexity index is 532. The van der Waals surface area contributed by atoms with Crippen LogP contribution in [-0.2, 0) is 28.6 Å². The van der Waals surface area contributed by atoms with Crippen molar-refractivity contribution < 1.29 is 28.6 Å². The van der Waals surface area contributed by atoms with Crippen LogP contribution < -0.4 is 0 Å². The van der Waals surface area contributed by atoms with Crippen molar-refractivity contribution in [2.24, 2.45) is 5.92 Å². The lowest BCUT2D eigenvalue weighted by Crippen LogP contribution is -2.35. The van der Waals surface area contributed by atoms with Crippen LogP contribution in [0.25, 0.3) is 0 Å². The predicted octanol–water partition coefficient (Wildman–Crippen LogP) is 2.74. The second-order valence-electron chi connectivity index (χ2n) is 5.65. The van der Waals surface area contributed by atoms with E-state index in [0.717, 1.165) is 0 Å². The molecule has 0 fully saturated rings. The number of hydrogen-bond donors (Lipinski definition) is 0. The molecule has 0 spiro atoms. The summed E-state index contributed by atoms with van der Waals surface area (Å²) in [6, 6.07) is 0. The van der Waals surface area contributed by atoms with Crippen molar-refractivity contribution in [1.82, 2.24) is 0 Å². The number of carbonyl (C=O) groups excluding carboxylic acids is 3. The zero-order valence-electron chi connectivity index (χ0n) is 14.8. The first-order valence-electron chi connectivity index (χ1n) is 7.61. The first-order valence-corrected chi connectivity index (χ1v) is 7.61. The van der Waals surface area contributed by atoms with Crippen molar-refractivity contribution in [3.05, 3.63) is 36.5 Å². The fourth-order valence-electron chi connectivity index (χ4n) is 1.58. The molecule has 0 aliphatic rings. The Hall–Kier alpha value is -2.37. The van der Waals surface area contributed by atoms with Crippen LogP contribution in [-0.4, -0.2) is 37.2 Å². The van der Waals surface area contributed by atoms with Crippen LogP contribution in [0.4, 0.5) is 0 Å². The maximum Gasteiger partial charge on any atom is 0.333 e. The average Bonchev–Trinajstić information content (AvgIpc) is 2.51. The second-order valence-corrected chi connectivity index (χ2v) is 5.65. The lowest BCUT2D eigenvalue weighted by atomic mass is 10.0. The summed E-state index contributed by atoms with van der Waals surface area (Å²) in [6.45, 7) is 16.8. The van der Waals surface area contributed by atoms with Gasteiger partial charge in [-0.3, -0.25) is 0 Å². The SMILES string of the molecule is C=C(C)C(=O)OCC(CC)C(COC(=O)C(=C)C)OC(=O)C(=C)C. The lowest BCUT2D eigenvalue weighted by molar-refractivity contribution is -0.160. The quantitative estimate of drug-likeness (QED) is 0.346. The highest BCUT2D eigenvalue weighted by atomic mass is 16.6. The van der Waals surface area contributed by atoms with Gasteiger partial charge < -0.3 is 14.2 Å². The van der Waals surface area contributed by atoms with Crippen molar-refractivity contribution in [2.45, 2.75) is 40.2 Å². The number of rotatable bonds is 10. The first-order chi connectivity index (χ1) is 11.1. The Labute approximate surface area is 143 Å². The van der Waals surface area contributed by atoms with Crippen LogP contribution in [0.3, 0.4) is 0 Å². The highest BCUT2D eigenvalue weighted by Crippen LogP contribution is 2.17. The van der Waals surface area contributed by atoms with Gasteiger partial charge in [0.05, 0.1) is 6.61 Å². The molecule has 0 aromatic heterocycles. The molecule has 6 heteroatoms. The fraction of sp³-hybridized carbons (Fsp3) is 0.500. The summed E-state index contributed by atoms with van der Waals surface area (Å²) in [7, 11) is 0. The lowest BCUT2D eigenvalue weighted by Gasteiger charge is -2.26. The third kappa shape index (κ3) is 7.76. The molecular formula is C18H26O6. The molecule has 0 bridgehead atoms. The van der Waals surface area contributed by atoms with Crippen molar-refractivity contribution in [3.63, 3.8) is 0 Å². The van der Waals surface area contributed by atoms with Crippen molar-refractivity contribution in [1.29, 1.82) is 0 Å². The Kier molecular flexibility index (Phi) is 9.38. The predicted molar refractivity (Wildman–Crippen MR) is 90.0 cm³/mol. The monoisotopic (exact) mass is 338 g/mol. The maximum atomic E-state index is 11.8. The minimum absolute atomic E-state index is 0.0148. The largest absolute Gasteiger partial charge is 0.462 e. The molecule has 0 rings (SSSR count). The molecule has 0 radical (unpaired) electrons. The molecule has 2 unspecified atom stereocenters. The van der Waals surface area contributed by atoms with Crippen LogP contribution in [0.5, 0.6) is 0 Å². The molecule has 24 heavy (non-hydrogen) atoms. The van der Waals surface area contributed by atoms with Gasteiger partial charge in [-0.25, -0.2) is 14.4 Å². The van der Waals surface area contributed by atoms with Gasteiger partial charge in [-0.15, -0.1) is 0 Å². The number of esters is 3. The summed E-state index contributed by atoms with van der Waals surface area (Å²) in [5.41, 5.74) is 0.732. The van der Waals surface area contributed by atoms with E-state index < -0.39 is 24.0 Å². The van der Waals surface area contributed by atoms with Crippen LogP contribution in [0.15, 0.2) is 36.5 Å². The molecule has 0 aliphatic heterocycles. The maximum absolute atomic E-state index is 11.8. The third-order valence-electron chi connectivity index (χ3n) is 3.16. The Morgan fingerprint density at radius 2 is 1.21 bits per heavy atom. The number of carbonyl (C=O) groups is 3. The van der Waals surface area contributed by atoms with E-state index in [-0.39, 0.29) is 35.9 Å². The van der Waals surface area contributed by atoms with Crippen LogP contribution in [0.1, 0.15) is 34.1 Å². The van der Waals surface area contributed by atoms with Gasteiger partial charge >= 0.3 is 17.9 Å². The molecule has 0 amide bonds. The Morgan fingerprint density at radius 1 is 0.792 bits per heavy atom. The van der Waals surface area contributed by atoms with Gasteiger partial charge in [0.1, 0.15) is 12.7 Å². The molecule has 0 aromatic carbocycles. The summed E-state index contributed by atoms with van der Waals surface area (Å²) in [4.78, 5) is 34.9. The van der Waals surface area contributed by atoms with Crippen molar-refractivity contribution >= 4 is 17.9 Å². The third-order valence-corrected chi connectivity index (χ3v) is 3.16. The van der Waals surface area contributed by atoms with Gasteiger partial charge in [-0.05, 0) is 27.2 Å². The van der Waals surface area contributed by atoms with E-state index in [1.165, 1.54) is 20.8 Å². The minimum Gasteiger partial charge on any atom is -0.462 e. The summed E-state index contributed by atoms with van der Waals surface area (Å²) in [5.74, 6) is -2.05. The van der Waals surface area contributed by atoms with E-state index in [9.17, 15) is 14.4 Å². The molecular weight excluding hydrogens is 312 g/mol. The molecule has 0 N–H and O–H groups in total. The number of hydrogen-bond acceptors (Lipinski definition) is 6. The van der Waals surface area contributed by atoms with E-state index in [0.29, 0.717) is 6.42 Å². The summed E-state index contributed by atoms with van der Waals surface area (Å²) in [5, 5.41) is 0. The minimum atomic E-state index is -0.763. The molecule has 0 heterocycles. The van der Waals surface area contributed by atoms with Gasteiger partial charge in [0.15, 0.2) is 0 Å².